The maximum Gasteiger partial charge on any atom is 0.236 e. The van der Waals surface area contributed by atoms with Crippen LogP contribution in [0.4, 0.5) is 9.52 Å². The summed E-state index contributed by atoms with van der Waals surface area (Å²) in [6, 6.07) is 13.7. The third-order valence-electron chi connectivity index (χ3n) is 4.19. The molecule has 0 fully saturated rings. The molecule has 6 nitrogen and oxygen atoms in total. The van der Waals surface area contributed by atoms with Crippen molar-refractivity contribution in [2.75, 3.05) is 18.2 Å². The van der Waals surface area contributed by atoms with E-state index in [-0.39, 0.29) is 17.5 Å². The van der Waals surface area contributed by atoms with Crippen molar-refractivity contribution in [3.63, 3.8) is 0 Å². The topological polar surface area (TPSA) is 79.9 Å². The summed E-state index contributed by atoms with van der Waals surface area (Å²) in [6.45, 7) is 0. The van der Waals surface area contributed by atoms with E-state index in [1.54, 1.807) is 30.8 Å². The number of aromatic amines is 1. The van der Waals surface area contributed by atoms with Gasteiger partial charge in [0.1, 0.15) is 22.4 Å². The number of thioether (sulfide) groups is 1. The van der Waals surface area contributed by atoms with E-state index in [1.807, 2.05) is 24.3 Å². The lowest BCUT2D eigenvalue weighted by atomic mass is 10.1. The summed E-state index contributed by atoms with van der Waals surface area (Å²) >= 11 is 2.68. The number of benzene rings is 2. The molecule has 2 N–H and O–H groups in total. The molecule has 30 heavy (non-hydrogen) atoms. The van der Waals surface area contributed by atoms with Crippen molar-refractivity contribution in [3.8, 4) is 28.4 Å². The van der Waals surface area contributed by atoms with Crippen LogP contribution >= 0.6 is 23.1 Å². The normalized spacial score (nSPS) is 10.7. The van der Waals surface area contributed by atoms with Gasteiger partial charge in [0.15, 0.2) is 5.13 Å². The van der Waals surface area contributed by atoms with Gasteiger partial charge in [-0.3, -0.25) is 4.79 Å². The maximum atomic E-state index is 13.3. The van der Waals surface area contributed by atoms with Gasteiger partial charge in [-0.1, -0.05) is 11.8 Å². The molecule has 0 aliphatic heterocycles. The number of nitrogens with one attached hydrogen (secondary N) is 2. The van der Waals surface area contributed by atoms with E-state index < -0.39 is 0 Å². The lowest BCUT2D eigenvalue weighted by Gasteiger charge is -2.05. The maximum absolute atomic E-state index is 13.3. The second-order valence-corrected chi connectivity index (χ2v) is 8.03. The number of carbonyl (C=O) groups excluding carboxylic acids is 1. The van der Waals surface area contributed by atoms with Gasteiger partial charge in [0.05, 0.1) is 18.6 Å². The number of hydrogen-bond acceptors (Lipinski definition) is 6. The average molecular weight is 441 g/mol. The van der Waals surface area contributed by atoms with Gasteiger partial charge in [-0.25, -0.2) is 14.4 Å². The Kier molecular flexibility index (Phi) is 6.10. The van der Waals surface area contributed by atoms with Crippen molar-refractivity contribution in [3.05, 3.63) is 65.9 Å². The Bertz CT molecular complexity index is 1130. The fourth-order valence-corrected chi connectivity index (χ4v) is 4.09. The summed E-state index contributed by atoms with van der Waals surface area (Å²) in [5.41, 5.74) is 2.44. The molecule has 2 aromatic heterocycles. The highest BCUT2D eigenvalue weighted by atomic mass is 32.2. The summed E-state index contributed by atoms with van der Waals surface area (Å²) in [7, 11) is 1.61. The highest BCUT2D eigenvalue weighted by molar-refractivity contribution is 8.00. The van der Waals surface area contributed by atoms with Crippen LogP contribution in [0, 0.1) is 5.82 Å². The van der Waals surface area contributed by atoms with E-state index in [2.05, 4.69) is 20.3 Å². The minimum atomic E-state index is -0.311. The second-order valence-electron chi connectivity index (χ2n) is 6.18. The van der Waals surface area contributed by atoms with Crippen LogP contribution in [0.5, 0.6) is 5.75 Å². The summed E-state index contributed by atoms with van der Waals surface area (Å²) in [6.07, 6.45) is 1.64. The summed E-state index contributed by atoms with van der Waals surface area (Å²) in [5.74, 6) is 1.05. The minimum Gasteiger partial charge on any atom is -0.497 e. The van der Waals surface area contributed by atoms with Crippen molar-refractivity contribution in [1.29, 1.82) is 0 Å². The molecule has 4 rings (SSSR count). The number of thiazole rings is 1. The van der Waals surface area contributed by atoms with Crippen LogP contribution < -0.4 is 10.1 Å². The van der Waals surface area contributed by atoms with Crippen LogP contribution in [0.1, 0.15) is 0 Å². The lowest BCUT2D eigenvalue weighted by molar-refractivity contribution is -0.113. The molecule has 2 aromatic carbocycles. The van der Waals surface area contributed by atoms with Gasteiger partial charge in [-0.2, -0.15) is 0 Å². The number of ether oxygens (including phenoxy) is 1. The molecule has 0 saturated heterocycles. The van der Waals surface area contributed by atoms with Gasteiger partial charge in [0.2, 0.25) is 5.91 Å². The highest BCUT2D eigenvalue weighted by Gasteiger charge is 2.16. The number of H-pyrrole nitrogens is 1. The van der Waals surface area contributed by atoms with E-state index in [4.69, 9.17) is 4.74 Å². The molecule has 0 atom stereocenters. The number of carbonyl (C=O) groups is 1. The molecule has 0 aliphatic rings. The number of rotatable bonds is 7. The second kappa shape index (κ2) is 9.10. The number of hydrogen-bond donors (Lipinski definition) is 2. The van der Waals surface area contributed by atoms with Crippen LogP contribution in [-0.4, -0.2) is 33.7 Å². The van der Waals surface area contributed by atoms with E-state index in [1.165, 1.54) is 35.2 Å². The molecule has 0 aliphatic carbocycles. The molecule has 4 aromatic rings. The number of anilines is 1. The standard InChI is InChI=1S/C21H17FN4O2S2/c1-28-16-8-4-13(5-9-16)18-20(30-12-17(27)24-21-23-10-11-29-21)26-19(25-18)14-2-6-15(22)7-3-14/h2-11H,12H2,1H3,(H,25,26)(H,23,24,27). The Morgan fingerprint density at radius 3 is 2.57 bits per heavy atom. The van der Waals surface area contributed by atoms with Crippen LogP contribution in [0.2, 0.25) is 0 Å². The Morgan fingerprint density at radius 2 is 1.90 bits per heavy atom. The summed E-state index contributed by atoms with van der Waals surface area (Å²) in [4.78, 5) is 24.3. The smallest absolute Gasteiger partial charge is 0.236 e. The fraction of sp³-hybridized carbons (Fsp3) is 0.0952. The van der Waals surface area contributed by atoms with Crippen molar-refractivity contribution in [2.24, 2.45) is 0 Å². The molecule has 152 valence electrons. The van der Waals surface area contributed by atoms with Crippen LogP contribution in [0.3, 0.4) is 0 Å². The first-order valence-corrected chi connectivity index (χ1v) is 10.8. The molecule has 0 spiro atoms. The number of imidazole rings is 1. The van der Waals surface area contributed by atoms with Crippen molar-refractivity contribution >= 4 is 34.1 Å². The molecular weight excluding hydrogens is 423 g/mol. The molecule has 9 heteroatoms. The minimum absolute atomic E-state index is 0.165. The Labute approximate surface area is 180 Å². The molecule has 2 heterocycles. The molecule has 0 bridgehead atoms. The number of nitrogens with zero attached hydrogens (tertiary/aromatic N) is 2. The predicted octanol–water partition coefficient (Wildman–Crippen LogP) is 5.08. The zero-order valence-electron chi connectivity index (χ0n) is 15.9. The van der Waals surface area contributed by atoms with Gasteiger partial charge in [-0.05, 0) is 48.5 Å². The van der Waals surface area contributed by atoms with Gasteiger partial charge in [0.25, 0.3) is 0 Å². The Balaban J connectivity index is 1.60. The first kappa shape index (κ1) is 20.1. The van der Waals surface area contributed by atoms with Gasteiger partial charge >= 0.3 is 0 Å². The largest absolute Gasteiger partial charge is 0.497 e. The first-order valence-electron chi connectivity index (χ1n) is 8.95. The molecule has 0 unspecified atom stereocenters. The summed E-state index contributed by atoms with van der Waals surface area (Å²) in [5, 5.41) is 5.80. The number of halogens is 1. The number of aromatic nitrogens is 3. The Morgan fingerprint density at radius 1 is 1.17 bits per heavy atom. The van der Waals surface area contributed by atoms with Crippen molar-refractivity contribution in [1.82, 2.24) is 15.0 Å². The first-order chi connectivity index (χ1) is 14.6. The quantitative estimate of drug-likeness (QED) is 0.392. The van der Waals surface area contributed by atoms with E-state index in [9.17, 15) is 9.18 Å². The summed E-state index contributed by atoms with van der Waals surface area (Å²) < 4.78 is 18.5. The third kappa shape index (κ3) is 4.69. The predicted molar refractivity (Wildman–Crippen MR) is 117 cm³/mol. The highest BCUT2D eigenvalue weighted by Crippen LogP contribution is 2.33. The molecule has 0 radical (unpaired) electrons. The third-order valence-corrected chi connectivity index (χ3v) is 5.85. The van der Waals surface area contributed by atoms with Gasteiger partial charge in [-0.15, -0.1) is 11.3 Å². The average Bonchev–Trinajstić information content (AvgIpc) is 3.43. The molecular formula is C21H17FN4O2S2. The van der Waals surface area contributed by atoms with Crippen LogP contribution in [0.15, 0.2) is 65.1 Å². The zero-order valence-corrected chi connectivity index (χ0v) is 17.5. The SMILES string of the molecule is COc1ccc(-c2[nH]c(-c3ccc(F)cc3)nc2SCC(=O)Nc2nccs2)cc1. The van der Waals surface area contributed by atoms with Gasteiger partial charge < -0.3 is 15.0 Å². The van der Waals surface area contributed by atoms with E-state index >= 15 is 0 Å². The van der Waals surface area contributed by atoms with Crippen LogP contribution in [0.25, 0.3) is 22.6 Å². The van der Waals surface area contributed by atoms with Crippen molar-refractivity contribution in [2.45, 2.75) is 5.03 Å². The zero-order chi connectivity index (χ0) is 20.9. The Hall–Kier alpha value is -3.17. The van der Waals surface area contributed by atoms with E-state index in [0.717, 1.165) is 22.6 Å². The van der Waals surface area contributed by atoms with Crippen LogP contribution in [-0.2, 0) is 4.79 Å². The molecule has 0 saturated carbocycles. The fourth-order valence-electron chi connectivity index (χ4n) is 2.73. The monoisotopic (exact) mass is 440 g/mol. The number of amides is 1. The lowest BCUT2D eigenvalue weighted by Crippen LogP contribution is -2.13. The number of methoxy groups -OCH3 is 1. The van der Waals surface area contributed by atoms with Gasteiger partial charge in [0, 0.05) is 22.7 Å². The van der Waals surface area contributed by atoms with Crippen molar-refractivity contribution < 1.29 is 13.9 Å². The molecule has 1 amide bonds. The van der Waals surface area contributed by atoms with E-state index in [0.29, 0.717) is 16.0 Å².